The number of aryl methyl sites for hydroxylation is 2. The summed E-state index contributed by atoms with van der Waals surface area (Å²) in [5, 5.41) is 8.08. The van der Waals surface area contributed by atoms with Gasteiger partial charge in [-0.05, 0) is 45.7 Å². The Bertz CT molecular complexity index is 402. The van der Waals surface area contributed by atoms with Crippen molar-refractivity contribution in [2.45, 2.75) is 64.7 Å². The van der Waals surface area contributed by atoms with Crippen molar-refractivity contribution in [2.75, 3.05) is 6.54 Å². The highest BCUT2D eigenvalue weighted by molar-refractivity contribution is 5.11. The molecule has 4 nitrogen and oxygen atoms in total. The van der Waals surface area contributed by atoms with Crippen LogP contribution in [-0.4, -0.2) is 34.6 Å². The second-order valence-electron chi connectivity index (χ2n) is 5.73. The van der Waals surface area contributed by atoms with Gasteiger partial charge in [0.15, 0.2) is 0 Å². The zero-order chi connectivity index (χ0) is 13.8. The van der Waals surface area contributed by atoms with E-state index in [2.05, 4.69) is 30.3 Å². The van der Waals surface area contributed by atoms with Crippen LogP contribution < -0.4 is 5.32 Å². The summed E-state index contributed by atoms with van der Waals surface area (Å²) in [5.41, 5.74) is 2.38. The van der Waals surface area contributed by atoms with E-state index in [1.807, 2.05) is 18.7 Å². The van der Waals surface area contributed by atoms with Crippen LogP contribution in [0.5, 0.6) is 0 Å². The lowest BCUT2D eigenvalue weighted by Gasteiger charge is -2.25. The van der Waals surface area contributed by atoms with Crippen molar-refractivity contribution in [3.63, 3.8) is 0 Å². The SMILES string of the molecule is CCCNC(Cc1cc(C)nn1C)C1CCC(C)O1. The van der Waals surface area contributed by atoms with Gasteiger partial charge in [0.25, 0.3) is 0 Å². The van der Waals surface area contributed by atoms with E-state index >= 15 is 0 Å². The molecule has 19 heavy (non-hydrogen) atoms. The number of nitrogens with one attached hydrogen (secondary N) is 1. The maximum atomic E-state index is 6.05. The fourth-order valence-electron chi connectivity index (χ4n) is 2.87. The predicted molar refractivity (Wildman–Crippen MR) is 77.3 cm³/mol. The van der Waals surface area contributed by atoms with Gasteiger partial charge in [-0.1, -0.05) is 6.92 Å². The standard InChI is InChI=1S/C15H27N3O/c1-5-8-16-14(15-7-6-12(3)19-15)10-13-9-11(2)17-18(13)4/h9,12,14-16H,5-8,10H2,1-4H3. The molecule has 1 saturated heterocycles. The van der Waals surface area contributed by atoms with E-state index in [0.29, 0.717) is 18.2 Å². The van der Waals surface area contributed by atoms with Crippen LogP contribution in [0.25, 0.3) is 0 Å². The van der Waals surface area contributed by atoms with Gasteiger partial charge in [-0.3, -0.25) is 4.68 Å². The van der Waals surface area contributed by atoms with Gasteiger partial charge in [0.1, 0.15) is 0 Å². The molecule has 0 aliphatic carbocycles. The van der Waals surface area contributed by atoms with Crippen molar-refractivity contribution < 1.29 is 4.74 Å². The molecule has 2 heterocycles. The maximum Gasteiger partial charge on any atom is 0.0736 e. The summed E-state index contributed by atoms with van der Waals surface area (Å²) in [5.74, 6) is 0. The first kappa shape index (κ1) is 14.5. The highest BCUT2D eigenvalue weighted by Gasteiger charge is 2.29. The van der Waals surface area contributed by atoms with Gasteiger partial charge < -0.3 is 10.1 Å². The molecule has 1 aliphatic rings. The predicted octanol–water partition coefficient (Wildman–Crippen LogP) is 2.21. The minimum absolute atomic E-state index is 0.344. The van der Waals surface area contributed by atoms with Gasteiger partial charge in [-0.15, -0.1) is 0 Å². The van der Waals surface area contributed by atoms with Crippen molar-refractivity contribution >= 4 is 0 Å². The average molecular weight is 265 g/mol. The summed E-state index contributed by atoms with van der Waals surface area (Å²) in [4.78, 5) is 0. The van der Waals surface area contributed by atoms with Crippen molar-refractivity contribution in [3.05, 3.63) is 17.5 Å². The van der Waals surface area contributed by atoms with Crippen LogP contribution in [0.15, 0.2) is 6.07 Å². The Morgan fingerprint density at radius 3 is 2.84 bits per heavy atom. The van der Waals surface area contributed by atoms with Crippen LogP contribution in [-0.2, 0) is 18.2 Å². The molecule has 1 N–H and O–H groups in total. The average Bonchev–Trinajstić information content (AvgIpc) is 2.91. The lowest BCUT2D eigenvalue weighted by Crippen LogP contribution is -2.42. The summed E-state index contributed by atoms with van der Waals surface area (Å²) >= 11 is 0. The molecule has 1 aromatic rings. The number of rotatable bonds is 6. The fraction of sp³-hybridized carbons (Fsp3) is 0.800. The first-order valence-corrected chi connectivity index (χ1v) is 7.48. The lowest BCUT2D eigenvalue weighted by atomic mass is 10.0. The van der Waals surface area contributed by atoms with E-state index < -0.39 is 0 Å². The number of hydrogen-bond donors (Lipinski definition) is 1. The molecule has 1 fully saturated rings. The number of aromatic nitrogens is 2. The van der Waals surface area contributed by atoms with Gasteiger partial charge in [0.2, 0.25) is 0 Å². The van der Waals surface area contributed by atoms with Crippen molar-refractivity contribution in [3.8, 4) is 0 Å². The molecule has 0 radical (unpaired) electrons. The molecule has 0 amide bonds. The second-order valence-corrected chi connectivity index (χ2v) is 5.73. The number of ether oxygens (including phenoxy) is 1. The zero-order valence-electron chi connectivity index (χ0n) is 12.6. The molecule has 4 heteroatoms. The first-order chi connectivity index (χ1) is 9.10. The molecule has 3 atom stereocenters. The van der Waals surface area contributed by atoms with E-state index in [-0.39, 0.29) is 0 Å². The van der Waals surface area contributed by atoms with Crippen LogP contribution in [0.1, 0.15) is 44.5 Å². The van der Waals surface area contributed by atoms with Crippen molar-refractivity contribution in [1.29, 1.82) is 0 Å². The molecule has 1 aliphatic heterocycles. The third-order valence-corrected chi connectivity index (χ3v) is 3.90. The Morgan fingerprint density at radius 1 is 1.53 bits per heavy atom. The third kappa shape index (κ3) is 3.80. The largest absolute Gasteiger partial charge is 0.374 e. The van der Waals surface area contributed by atoms with E-state index in [1.54, 1.807) is 0 Å². The Kier molecular flexibility index (Phi) is 4.99. The molecule has 0 saturated carbocycles. The highest BCUT2D eigenvalue weighted by Crippen LogP contribution is 2.23. The number of nitrogens with zero attached hydrogens (tertiary/aromatic N) is 2. The minimum Gasteiger partial charge on any atom is -0.374 e. The van der Waals surface area contributed by atoms with E-state index in [1.165, 1.54) is 18.5 Å². The highest BCUT2D eigenvalue weighted by atomic mass is 16.5. The van der Waals surface area contributed by atoms with Crippen LogP contribution in [0.3, 0.4) is 0 Å². The molecule has 1 aromatic heterocycles. The van der Waals surface area contributed by atoms with Crippen molar-refractivity contribution in [1.82, 2.24) is 15.1 Å². The quantitative estimate of drug-likeness (QED) is 0.857. The van der Waals surface area contributed by atoms with Gasteiger partial charge >= 0.3 is 0 Å². The summed E-state index contributed by atoms with van der Waals surface area (Å²) in [6.07, 6.45) is 5.25. The fourth-order valence-corrected chi connectivity index (χ4v) is 2.87. The smallest absolute Gasteiger partial charge is 0.0736 e. The third-order valence-electron chi connectivity index (χ3n) is 3.90. The maximum absolute atomic E-state index is 6.05. The van der Waals surface area contributed by atoms with Gasteiger partial charge in [0, 0.05) is 25.2 Å². The van der Waals surface area contributed by atoms with E-state index in [9.17, 15) is 0 Å². The summed E-state index contributed by atoms with van der Waals surface area (Å²) < 4.78 is 8.04. The minimum atomic E-state index is 0.344. The van der Waals surface area contributed by atoms with E-state index in [0.717, 1.165) is 25.1 Å². The molecule has 0 bridgehead atoms. The Hall–Kier alpha value is -0.870. The van der Waals surface area contributed by atoms with Gasteiger partial charge in [0.05, 0.1) is 17.9 Å². The molecule has 0 spiro atoms. The molecule has 108 valence electrons. The molecule has 0 aromatic carbocycles. The van der Waals surface area contributed by atoms with Crippen molar-refractivity contribution in [2.24, 2.45) is 7.05 Å². The molecular weight excluding hydrogens is 238 g/mol. The van der Waals surface area contributed by atoms with Crippen LogP contribution in [0.4, 0.5) is 0 Å². The van der Waals surface area contributed by atoms with Gasteiger partial charge in [-0.2, -0.15) is 5.10 Å². The lowest BCUT2D eigenvalue weighted by molar-refractivity contribution is 0.0317. The first-order valence-electron chi connectivity index (χ1n) is 7.48. The molecule has 2 rings (SSSR count). The second kappa shape index (κ2) is 6.53. The van der Waals surface area contributed by atoms with Crippen LogP contribution >= 0.6 is 0 Å². The Labute approximate surface area is 116 Å². The normalized spacial score (nSPS) is 24.8. The Morgan fingerprint density at radius 2 is 2.32 bits per heavy atom. The summed E-state index contributed by atoms with van der Waals surface area (Å²) in [6.45, 7) is 7.48. The summed E-state index contributed by atoms with van der Waals surface area (Å²) in [6, 6.07) is 2.58. The molecule has 3 unspecified atom stereocenters. The van der Waals surface area contributed by atoms with Gasteiger partial charge in [-0.25, -0.2) is 0 Å². The van der Waals surface area contributed by atoms with E-state index in [4.69, 9.17) is 4.74 Å². The number of hydrogen-bond acceptors (Lipinski definition) is 3. The Balaban J connectivity index is 2.02. The summed E-state index contributed by atoms with van der Waals surface area (Å²) in [7, 11) is 2.03. The monoisotopic (exact) mass is 265 g/mol. The topological polar surface area (TPSA) is 39.1 Å². The molecular formula is C15H27N3O. The zero-order valence-corrected chi connectivity index (χ0v) is 12.6. The van der Waals surface area contributed by atoms with Crippen LogP contribution in [0.2, 0.25) is 0 Å². The van der Waals surface area contributed by atoms with Crippen LogP contribution in [0, 0.1) is 6.92 Å².